The average molecular weight is 710 g/mol. The molecule has 4 aliphatic heterocycles. The van der Waals surface area contributed by atoms with Gasteiger partial charge >= 0.3 is 0 Å². The first-order valence-corrected chi connectivity index (χ1v) is 19.9. The van der Waals surface area contributed by atoms with Gasteiger partial charge in [0.05, 0.1) is 36.4 Å². The molecule has 49 heavy (non-hydrogen) atoms. The molecular weight excluding hydrogens is 654 g/mol. The van der Waals surface area contributed by atoms with E-state index in [9.17, 15) is 13.5 Å². The Hall–Kier alpha value is -2.46. The second-order valence-electron chi connectivity index (χ2n) is 14.8. The summed E-state index contributed by atoms with van der Waals surface area (Å²) < 4.78 is 35.7. The first kappa shape index (κ1) is 37.8. The van der Waals surface area contributed by atoms with Crippen LogP contribution >= 0.6 is 0 Å². The van der Waals surface area contributed by atoms with Crippen molar-refractivity contribution in [2.45, 2.75) is 89.0 Å². The summed E-state index contributed by atoms with van der Waals surface area (Å²) in [4.78, 5) is 2.95. The molecule has 0 aliphatic carbocycles. The van der Waals surface area contributed by atoms with Gasteiger partial charge in [-0.15, -0.1) is 0 Å². The van der Waals surface area contributed by atoms with E-state index in [1.165, 1.54) is 49.3 Å². The maximum absolute atomic E-state index is 14.1. The number of piperazine rings is 3. The summed E-state index contributed by atoms with van der Waals surface area (Å²) in [6.45, 7) is 13.9. The Bertz CT molecular complexity index is 1600. The summed E-state index contributed by atoms with van der Waals surface area (Å²) >= 11 is 0. The minimum Gasteiger partial charge on any atom is -1.00 e. The maximum atomic E-state index is 14.1. The Morgan fingerprint density at radius 2 is 1.47 bits per heavy atom. The Morgan fingerprint density at radius 3 is 2.06 bits per heavy atom. The maximum Gasteiger partial charge on any atom is 0.179 e. The Morgan fingerprint density at radius 1 is 0.878 bits per heavy atom. The molecule has 3 aromatic carbocycles. The van der Waals surface area contributed by atoms with Crippen LogP contribution in [0.2, 0.25) is 0 Å². The number of unbranched alkanes of at least 4 members (excludes halogenated alkanes) is 2. The van der Waals surface area contributed by atoms with E-state index >= 15 is 0 Å². The molecule has 268 valence electrons. The van der Waals surface area contributed by atoms with Gasteiger partial charge in [-0.25, -0.2) is 8.42 Å². The predicted molar refractivity (Wildman–Crippen MR) is 193 cm³/mol. The summed E-state index contributed by atoms with van der Waals surface area (Å²) in [6.07, 6.45) is 4.23. The summed E-state index contributed by atoms with van der Waals surface area (Å²) in [7, 11) is -1.73. The number of hydrogen-bond donors (Lipinski definition) is 2. The van der Waals surface area contributed by atoms with E-state index in [1.54, 1.807) is 6.07 Å². The highest BCUT2D eigenvalue weighted by Crippen LogP contribution is 2.50. The molecule has 0 spiro atoms. The molecule has 0 unspecified atom stereocenters. The van der Waals surface area contributed by atoms with Gasteiger partial charge in [-0.3, -0.25) is 4.90 Å². The highest BCUT2D eigenvalue weighted by Gasteiger charge is 2.49. The molecule has 3 aromatic rings. The van der Waals surface area contributed by atoms with Crippen LogP contribution in [0.3, 0.4) is 0 Å². The van der Waals surface area contributed by atoms with Crippen LogP contribution < -0.4 is 22.5 Å². The van der Waals surface area contributed by atoms with Gasteiger partial charge in [0.1, 0.15) is 18.9 Å². The fourth-order valence-corrected chi connectivity index (χ4v) is 10.7. The first-order valence-electron chi connectivity index (χ1n) is 18.3. The van der Waals surface area contributed by atoms with E-state index in [0.29, 0.717) is 36.5 Å². The highest BCUT2D eigenvalue weighted by molar-refractivity contribution is 7.91. The lowest BCUT2D eigenvalue weighted by Crippen LogP contribution is -3.00. The zero-order valence-electron chi connectivity index (χ0n) is 29.7. The van der Waals surface area contributed by atoms with Gasteiger partial charge in [-0.2, -0.15) is 0 Å². The van der Waals surface area contributed by atoms with Crippen LogP contribution in [0.5, 0.6) is 5.75 Å². The number of quaternary nitrogens is 1. The summed E-state index contributed by atoms with van der Waals surface area (Å²) in [5.41, 5.74) is 4.45. The summed E-state index contributed by atoms with van der Waals surface area (Å²) in [5, 5.41) is 15.6. The summed E-state index contributed by atoms with van der Waals surface area (Å²) in [5.74, 6) is 0.281. The fourth-order valence-electron chi connectivity index (χ4n) is 8.52. The van der Waals surface area contributed by atoms with Gasteiger partial charge in [0.25, 0.3) is 0 Å². The number of nitrogens with one attached hydrogen (secondary N) is 1. The molecule has 2 N–H and O–H groups in total. The number of aliphatic hydroxyl groups excluding tert-OH is 1. The number of sulfone groups is 1. The molecule has 4 heterocycles. The second-order valence-corrected chi connectivity index (χ2v) is 16.8. The minimum atomic E-state index is -3.62. The SMILES string of the molecule is CCCCC1(CCCC)CS(=O)(=O)c2ccc(CNC)cc2[C@@H](c2ccc(OCc3ccc(C[N+]45CCN(CC4)CC5)cc3)cc2)[C@H]1O.[Cl-]. The number of rotatable bonds is 14. The van der Waals surface area contributed by atoms with Crippen LogP contribution in [-0.2, 0) is 29.5 Å². The number of ether oxygens (including phenoxy) is 1. The minimum absolute atomic E-state index is 0. The quantitative estimate of drug-likeness (QED) is 0.251. The molecule has 0 aromatic heterocycles. The second kappa shape index (κ2) is 16.3. The van der Waals surface area contributed by atoms with Crippen LogP contribution in [0.1, 0.15) is 86.1 Å². The Balaban J connectivity index is 0.00000468. The van der Waals surface area contributed by atoms with E-state index in [4.69, 9.17) is 4.74 Å². The lowest BCUT2D eigenvalue weighted by Gasteiger charge is -2.50. The van der Waals surface area contributed by atoms with Crippen molar-refractivity contribution < 1.29 is 35.2 Å². The van der Waals surface area contributed by atoms with Crippen molar-refractivity contribution in [3.63, 3.8) is 0 Å². The molecule has 0 amide bonds. The van der Waals surface area contributed by atoms with Crippen LogP contribution in [-0.4, -0.2) is 81.1 Å². The van der Waals surface area contributed by atoms with Crippen molar-refractivity contribution in [2.75, 3.05) is 52.1 Å². The van der Waals surface area contributed by atoms with E-state index in [1.807, 2.05) is 43.4 Å². The van der Waals surface area contributed by atoms with Crippen molar-refractivity contribution in [3.05, 3.63) is 94.5 Å². The Kier molecular flexibility index (Phi) is 12.5. The number of halogens is 1. The van der Waals surface area contributed by atoms with Crippen LogP contribution in [0, 0.1) is 5.41 Å². The van der Waals surface area contributed by atoms with Crippen molar-refractivity contribution in [2.24, 2.45) is 5.41 Å². The number of benzene rings is 3. The number of nitrogens with zero attached hydrogens (tertiary/aromatic N) is 2. The third kappa shape index (κ3) is 8.37. The third-order valence-electron chi connectivity index (χ3n) is 11.5. The molecule has 3 saturated heterocycles. The molecule has 3 fully saturated rings. The number of aliphatic hydroxyl groups is 1. The van der Waals surface area contributed by atoms with E-state index < -0.39 is 27.3 Å². The molecule has 7 nitrogen and oxygen atoms in total. The molecular formula is C40H56ClN3O4S. The average Bonchev–Trinajstić information content (AvgIpc) is 3.17. The van der Waals surface area contributed by atoms with Gasteiger partial charge in [-0.1, -0.05) is 88.1 Å². The van der Waals surface area contributed by atoms with Crippen molar-refractivity contribution in [1.29, 1.82) is 0 Å². The third-order valence-corrected chi connectivity index (χ3v) is 13.5. The highest BCUT2D eigenvalue weighted by atomic mass is 35.5. The van der Waals surface area contributed by atoms with Gasteiger partial charge in [0, 0.05) is 43.1 Å². The smallest absolute Gasteiger partial charge is 0.179 e. The number of hydrogen-bond acceptors (Lipinski definition) is 6. The standard InChI is InChI=1S/C40H56N3O4S.ClH/c1-4-6-18-40(19-7-5-2)30-48(45,46)37-17-12-33(27-41-3)26-36(37)38(39(40)44)34-13-15-35(16-14-34)47-29-32-10-8-31(9-11-32)28-43-23-20-42(21-24-43)22-25-43;/h8-17,26,38-39,41,44H,4-7,18-25,27-30H2,1-3H3;1H/q+1;/p-1/t38-,39-;/m1./s1. The molecule has 0 saturated carbocycles. The predicted octanol–water partition coefficient (Wildman–Crippen LogP) is 3.28. The normalized spacial score (nSPS) is 25.2. The van der Waals surface area contributed by atoms with Crippen molar-refractivity contribution >= 4 is 9.84 Å². The molecule has 4 aliphatic rings. The van der Waals surface area contributed by atoms with Crippen LogP contribution in [0.25, 0.3) is 0 Å². The zero-order chi connectivity index (χ0) is 33.8. The molecule has 9 heteroatoms. The molecule has 2 bridgehead atoms. The zero-order valence-corrected chi connectivity index (χ0v) is 31.2. The molecule has 0 radical (unpaired) electrons. The van der Waals surface area contributed by atoms with Crippen molar-refractivity contribution in [1.82, 2.24) is 10.2 Å². The topological polar surface area (TPSA) is 78.9 Å². The van der Waals surface area contributed by atoms with Gasteiger partial charge in [0.15, 0.2) is 9.84 Å². The lowest BCUT2D eigenvalue weighted by molar-refractivity contribution is -0.953. The molecule has 7 rings (SSSR count). The summed E-state index contributed by atoms with van der Waals surface area (Å²) in [6, 6.07) is 22.6. The van der Waals surface area contributed by atoms with Crippen molar-refractivity contribution in [3.8, 4) is 5.75 Å². The lowest BCUT2D eigenvalue weighted by atomic mass is 9.68. The van der Waals surface area contributed by atoms with Crippen LogP contribution in [0.15, 0.2) is 71.6 Å². The number of fused-ring (bicyclic) bond motifs is 4. The van der Waals surface area contributed by atoms with Gasteiger partial charge < -0.3 is 32.1 Å². The Labute approximate surface area is 301 Å². The van der Waals surface area contributed by atoms with Gasteiger partial charge in [0.2, 0.25) is 0 Å². The van der Waals surface area contributed by atoms with E-state index in [2.05, 4.69) is 48.3 Å². The van der Waals surface area contributed by atoms with E-state index in [0.717, 1.165) is 54.7 Å². The largest absolute Gasteiger partial charge is 1.00 e. The first-order chi connectivity index (χ1) is 23.2. The monoisotopic (exact) mass is 709 g/mol. The fraction of sp³-hybridized carbons (Fsp3) is 0.550. The van der Waals surface area contributed by atoms with Gasteiger partial charge in [-0.05, 0) is 60.3 Å². The van der Waals surface area contributed by atoms with E-state index in [-0.39, 0.29) is 18.2 Å². The van der Waals surface area contributed by atoms with Crippen LogP contribution in [0.4, 0.5) is 0 Å². The molecule has 2 atom stereocenters.